The Kier molecular flexibility index (Phi) is 9.44. The van der Waals surface area contributed by atoms with E-state index in [1.807, 2.05) is 19.0 Å². The number of anilines is 3. The van der Waals surface area contributed by atoms with Gasteiger partial charge in [-0.1, -0.05) is 24.3 Å². The molecule has 3 aromatic rings. The van der Waals surface area contributed by atoms with E-state index in [1.165, 1.54) is 12.0 Å². The molecule has 39 heavy (non-hydrogen) atoms. The third-order valence-electron chi connectivity index (χ3n) is 5.66. The van der Waals surface area contributed by atoms with E-state index >= 15 is 0 Å². The number of aromatic nitrogens is 1. The van der Waals surface area contributed by atoms with Gasteiger partial charge in [-0.25, -0.2) is 0 Å². The topological polar surface area (TPSA) is 170 Å². The number of methoxy groups -OCH3 is 1. The van der Waals surface area contributed by atoms with Crippen molar-refractivity contribution in [3.05, 3.63) is 64.7 Å². The number of esters is 1. The van der Waals surface area contributed by atoms with E-state index in [0.717, 1.165) is 5.69 Å². The monoisotopic (exact) mass is 554 g/mol. The second-order valence-corrected chi connectivity index (χ2v) is 9.17. The van der Waals surface area contributed by atoms with Gasteiger partial charge in [0.15, 0.2) is 5.69 Å². The van der Waals surface area contributed by atoms with E-state index in [2.05, 4.69) is 9.69 Å². The van der Waals surface area contributed by atoms with E-state index < -0.39 is 36.3 Å². The van der Waals surface area contributed by atoms with Gasteiger partial charge in [0.05, 0.1) is 25.1 Å². The molecule has 206 valence electrons. The summed E-state index contributed by atoms with van der Waals surface area (Å²) in [6, 6.07) is 12.3. The maximum Gasteiger partial charge on any atom is 0.325 e. The van der Waals surface area contributed by atoms with Crippen LogP contribution in [0, 0.1) is 0 Å². The van der Waals surface area contributed by atoms with Crippen molar-refractivity contribution >= 4 is 52.3 Å². The number of carbonyl (C=O) groups excluding carboxylic acids is 4. The minimum Gasteiger partial charge on any atom is -0.495 e. The van der Waals surface area contributed by atoms with Crippen LogP contribution >= 0.6 is 11.5 Å². The number of primary amides is 1. The average Bonchev–Trinajstić information content (AvgIpc) is 3.31. The molecule has 1 aromatic heterocycles. The Hall–Kier alpha value is -4.65. The summed E-state index contributed by atoms with van der Waals surface area (Å²) in [6.45, 7) is 1.38. The Labute approximate surface area is 229 Å². The molecule has 0 aliphatic carbocycles. The fourth-order valence-electron chi connectivity index (χ4n) is 3.77. The summed E-state index contributed by atoms with van der Waals surface area (Å²) in [6.07, 6.45) is 0. The van der Waals surface area contributed by atoms with Crippen LogP contribution in [0.15, 0.2) is 48.5 Å². The molecule has 0 aliphatic rings. The fraction of sp³-hybridized carbons (Fsp3) is 0.269. The van der Waals surface area contributed by atoms with Crippen molar-refractivity contribution in [1.82, 2.24) is 9.69 Å². The van der Waals surface area contributed by atoms with Crippen molar-refractivity contribution in [1.29, 1.82) is 0 Å². The number of nitrogens with two attached hydrogens (primary N) is 2. The van der Waals surface area contributed by atoms with Gasteiger partial charge in [0, 0.05) is 19.8 Å². The van der Waals surface area contributed by atoms with Gasteiger partial charge in [0.2, 0.25) is 5.91 Å². The minimum atomic E-state index is -1.29. The van der Waals surface area contributed by atoms with Crippen LogP contribution < -0.4 is 31.3 Å². The molecule has 2 aromatic carbocycles. The lowest BCUT2D eigenvalue weighted by atomic mass is 10.0. The van der Waals surface area contributed by atoms with E-state index in [0.29, 0.717) is 17.1 Å². The summed E-state index contributed by atoms with van der Waals surface area (Å²) in [5.41, 5.74) is 12.5. The van der Waals surface area contributed by atoms with Gasteiger partial charge in [-0.15, -0.1) is 0 Å². The molecule has 1 heterocycles. The number of nitrogen functional groups attached to an aromatic ring is 1. The maximum atomic E-state index is 14.1. The van der Waals surface area contributed by atoms with Gasteiger partial charge in [-0.3, -0.25) is 24.1 Å². The van der Waals surface area contributed by atoms with Crippen LogP contribution in [-0.4, -0.2) is 62.4 Å². The highest BCUT2D eigenvalue weighted by atomic mass is 32.1. The number of hydrogen-bond acceptors (Lipinski definition) is 10. The third-order valence-corrected chi connectivity index (χ3v) is 6.51. The molecule has 3 rings (SSSR count). The van der Waals surface area contributed by atoms with Gasteiger partial charge < -0.3 is 31.2 Å². The zero-order valence-electron chi connectivity index (χ0n) is 22.0. The Morgan fingerprint density at radius 2 is 1.74 bits per heavy atom. The summed E-state index contributed by atoms with van der Waals surface area (Å²) in [5.74, 6) is -2.64. The number of ether oxygens (including phenoxy) is 2. The lowest BCUT2D eigenvalue weighted by molar-refractivity contribution is -0.143. The first kappa shape index (κ1) is 28.9. The van der Waals surface area contributed by atoms with Crippen LogP contribution in [0.4, 0.5) is 17.1 Å². The smallest absolute Gasteiger partial charge is 0.325 e. The van der Waals surface area contributed by atoms with Crippen molar-refractivity contribution in [2.24, 2.45) is 5.73 Å². The standard InChI is InChI=1S/C26H30N6O6S/c1-5-38-19(33)14-29-25(35)22(15-10-12-16(13-11-15)31(2)3)32(17-8-6-7-9-18(17)37-4)26(36)23-20(27)21(24(28)34)30-39-23/h6-13,22H,5,14,27H2,1-4H3,(H2,28,34)(H,29,35)/t22-/m0/s1. The van der Waals surface area contributed by atoms with Gasteiger partial charge in [-0.2, -0.15) is 4.37 Å². The van der Waals surface area contributed by atoms with Crippen molar-refractivity contribution < 1.29 is 28.7 Å². The number of rotatable bonds is 11. The molecule has 0 bridgehead atoms. The molecule has 12 nitrogen and oxygen atoms in total. The minimum absolute atomic E-state index is 0.0946. The second-order valence-electron chi connectivity index (χ2n) is 8.40. The highest BCUT2D eigenvalue weighted by molar-refractivity contribution is 7.09. The number of hydrogen-bond donors (Lipinski definition) is 3. The van der Waals surface area contributed by atoms with Crippen LogP contribution in [0.5, 0.6) is 5.75 Å². The lowest BCUT2D eigenvalue weighted by Gasteiger charge is -2.32. The van der Waals surface area contributed by atoms with Crippen LogP contribution in [0.3, 0.4) is 0 Å². The number of carbonyl (C=O) groups is 4. The number of para-hydroxylation sites is 2. The highest BCUT2D eigenvalue weighted by Gasteiger charge is 2.37. The van der Waals surface area contributed by atoms with Gasteiger partial charge in [0.1, 0.15) is 23.2 Å². The molecule has 5 N–H and O–H groups in total. The molecule has 0 saturated carbocycles. The lowest BCUT2D eigenvalue weighted by Crippen LogP contribution is -2.45. The van der Waals surface area contributed by atoms with Crippen molar-refractivity contribution in [3.8, 4) is 5.75 Å². The number of benzene rings is 2. The summed E-state index contributed by atoms with van der Waals surface area (Å²) in [4.78, 5) is 54.7. The Balaban J connectivity index is 2.21. The first-order valence-electron chi connectivity index (χ1n) is 11.8. The third kappa shape index (κ3) is 6.44. The second kappa shape index (κ2) is 12.7. The van der Waals surface area contributed by atoms with Crippen LogP contribution in [0.2, 0.25) is 0 Å². The first-order valence-corrected chi connectivity index (χ1v) is 12.6. The SMILES string of the molecule is CCOC(=O)CNC(=O)[C@H](c1ccc(N(C)C)cc1)N(C(=O)c1snc(C(N)=O)c1N)c1ccccc1OC. The highest BCUT2D eigenvalue weighted by Crippen LogP contribution is 2.38. The normalized spacial score (nSPS) is 11.3. The fourth-order valence-corrected chi connectivity index (χ4v) is 4.52. The zero-order valence-corrected chi connectivity index (χ0v) is 22.8. The van der Waals surface area contributed by atoms with Crippen LogP contribution in [0.1, 0.15) is 38.7 Å². The van der Waals surface area contributed by atoms with Gasteiger partial charge >= 0.3 is 5.97 Å². The average molecular weight is 555 g/mol. The van der Waals surface area contributed by atoms with Crippen LogP contribution in [0.25, 0.3) is 0 Å². The molecular weight excluding hydrogens is 524 g/mol. The quantitative estimate of drug-likeness (QED) is 0.300. The van der Waals surface area contributed by atoms with Gasteiger partial charge in [-0.05, 0) is 48.3 Å². The molecule has 0 spiro atoms. The molecule has 3 amide bonds. The van der Waals surface area contributed by atoms with E-state index in [-0.39, 0.29) is 34.3 Å². The first-order chi connectivity index (χ1) is 18.6. The number of nitrogens with one attached hydrogen (secondary N) is 1. The van der Waals surface area contributed by atoms with Crippen LogP contribution in [-0.2, 0) is 14.3 Å². The van der Waals surface area contributed by atoms with Crippen molar-refractivity contribution in [2.75, 3.05) is 49.9 Å². The molecule has 0 saturated heterocycles. The molecule has 0 unspecified atom stereocenters. The Bertz CT molecular complexity index is 1360. The predicted octanol–water partition coefficient (Wildman–Crippen LogP) is 1.97. The molecule has 0 aliphatic heterocycles. The summed E-state index contributed by atoms with van der Waals surface area (Å²) in [5, 5.41) is 2.56. The molecule has 13 heteroatoms. The maximum absolute atomic E-state index is 14.1. The Morgan fingerprint density at radius 1 is 1.08 bits per heavy atom. The molecular formula is C26H30N6O6S. The summed E-state index contributed by atoms with van der Waals surface area (Å²) in [7, 11) is 5.16. The van der Waals surface area contributed by atoms with E-state index in [1.54, 1.807) is 55.5 Å². The molecule has 0 fully saturated rings. The van der Waals surface area contributed by atoms with Gasteiger partial charge in [0.25, 0.3) is 11.8 Å². The number of nitrogens with zero attached hydrogens (tertiary/aromatic N) is 3. The number of amides is 3. The van der Waals surface area contributed by atoms with Crippen molar-refractivity contribution in [2.45, 2.75) is 13.0 Å². The van der Waals surface area contributed by atoms with Crippen molar-refractivity contribution in [3.63, 3.8) is 0 Å². The molecule has 1 atom stereocenters. The predicted molar refractivity (Wildman–Crippen MR) is 148 cm³/mol. The zero-order chi connectivity index (χ0) is 28.7. The summed E-state index contributed by atoms with van der Waals surface area (Å²) < 4.78 is 14.4. The Morgan fingerprint density at radius 3 is 2.31 bits per heavy atom. The summed E-state index contributed by atoms with van der Waals surface area (Å²) >= 11 is 0.684. The molecule has 0 radical (unpaired) electrons. The van der Waals surface area contributed by atoms with E-state index in [9.17, 15) is 19.2 Å². The van der Waals surface area contributed by atoms with E-state index in [4.69, 9.17) is 20.9 Å². The largest absolute Gasteiger partial charge is 0.495 e.